The summed E-state index contributed by atoms with van der Waals surface area (Å²) in [5, 5.41) is 9.12. The molecule has 1 fully saturated rings. The first kappa shape index (κ1) is 17.2. The number of hydrogen-bond donors (Lipinski definition) is 1. The van der Waals surface area contributed by atoms with Crippen LogP contribution in [0.25, 0.3) is 6.08 Å². The zero-order valence-electron chi connectivity index (χ0n) is 13.1. The molecule has 0 aliphatic carbocycles. The van der Waals surface area contributed by atoms with Gasteiger partial charge in [0.2, 0.25) is 0 Å². The highest BCUT2D eigenvalue weighted by Gasteiger charge is 2.33. The number of para-hydroxylation sites is 1. The summed E-state index contributed by atoms with van der Waals surface area (Å²) in [6.07, 6.45) is 1.72. The number of carbonyl (C=O) groups excluding carboxylic acids is 1. The van der Waals surface area contributed by atoms with Crippen LogP contribution in [0, 0.1) is 0 Å². The van der Waals surface area contributed by atoms with Crippen molar-refractivity contribution >= 4 is 51.9 Å². The molecular formula is C18H13NO4S2. The number of carboxylic acid groups (broad SMARTS) is 1. The molecule has 0 bridgehead atoms. The fraction of sp³-hybridized carbons (Fsp3) is 0.0556. The highest BCUT2D eigenvalue weighted by Crippen LogP contribution is 2.37. The van der Waals surface area contributed by atoms with Crippen LogP contribution in [-0.2, 0) is 4.79 Å². The van der Waals surface area contributed by atoms with E-state index in [1.165, 1.54) is 28.8 Å². The molecule has 1 aliphatic heterocycles. The Labute approximate surface area is 153 Å². The maximum absolute atomic E-state index is 12.8. The SMILES string of the molecule is COc1ccccc1/C=C1\SC(=S)N(c2cccc(C(=O)O)c2)C1=O. The molecule has 2 aromatic carbocycles. The van der Waals surface area contributed by atoms with Crippen molar-refractivity contribution in [1.82, 2.24) is 0 Å². The van der Waals surface area contributed by atoms with Gasteiger partial charge in [0.05, 0.1) is 23.3 Å². The number of hydrogen-bond acceptors (Lipinski definition) is 5. The lowest BCUT2D eigenvalue weighted by Crippen LogP contribution is -2.27. The number of aromatic carboxylic acids is 1. The van der Waals surface area contributed by atoms with Crippen LogP contribution in [0.5, 0.6) is 5.75 Å². The van der Waals surface area contributed by atoms with Crippen molar-refractivity contribution in [3.8, 4) is 5.75 Å². The van der Waals surface area contributed by atoms with E-state index >= 15 is 0 Å². The van der Waals surface area contributed by atoms with Gasteiger partial charge in [-0.3, -0.25) is 9.69 Å². The Kier molecular flexibility index (Phi) is 4.87. The lowest BCUT2D eigenvalue weighted by atomic mass is 10.1. The van der Waals surface area contributed by atoms with E-state index in [1.807, 2.05) is 24.3 Å². The molecule has 0 aromatic heterocycles. The zero-order valence-corrected chi connectivity index (χ0v) is 14.8. The van der Waals surface area contributed by atoms with Gasteiger partial charge in [-0.2, -0.15) is 0 Å². The van der Waals surface area contributed by atoms with Crippen LogP contribution in [0.4, 0.5) is 5.69 Å². The molecule has 0 spiro atoms. The predicted octanol–water partition coefficient (Wildman–Crippen LogP) is 3.80. The smallest absolute Gasteiger partial charge is 0.335 e. The fourth-order valence-electron chi connectivity index (χ4n) is 2.40. The second-order valence-corrected chi connectivity index (χ2v) is 6.79. The second-order valence-electron chi connectivity index (χ2n) is 5.11. The Morgan fingerprint density at radius 2 is 2.00 bits per heavy atom. The first-order valence-corrected chi connectivity index (χ1v) is 8.48. The van der Waals surface area contributed by atoms with Crippen molar-refractivity contribution in [3.05, 3.63) is 64.6 Å². The number of anilines is 1. The quantitative estimate of drug-likeness (QED) is 0.651. The number of carbonyl (C=O) groups is 2. The number of carboxylic acids is 1. The predicted molar refractivity (Wildman–Crippen MR) is 102 cm³/mol. The topological polar surface area (TPSA) is 66.8 Å². The molecule has 1 aliphatic rings. The molecule has 1 amide bonds. The third-order valence-corrected chi connectivity index (χ3v) is 4.87. The first-order chi connectivity index (χ1) is 12.0. The molecule has 25 heavy (non-hydrogen) atoms. The van der Waals surface area contributed by atoms with E-state index in [2.05, 4.69) is 0 Å². The van der Waals surface area contributed by atoms with Crippen molar-refractivity contribution in [2.45, 2.75) is 0 Å². The number of benzene rings is 2. The van der Waals surface area contributed by atoms with E-state index in [9.17, 15) is 9.59 Å². The van der Waals surface area contributed by atoms with Crippen LogP contribution in [0.1, 0.15) is 15.9 Å². The maximum atomic E-state index is 12.8. The number of rotatable bonds is 4. The number of thioether (sulfide) groups is 1. The van der Waals surface area contributed by atoms with E-state index in [1.54, 1.807) is 25.3 Å². The molecule has 1 N–H and O–H groups in total. The van der Waals surface area contributed by atoms with Crippen LogP contribution < -0.4 is 9.64 Å². The molecule has 1 heterocycles. The standard InChI is InChI=1S/C18H13NO4S2/c1-23-14-8-3-2-5-11(14)10-15-16(20)19(18(24)25-15)13-7-4-6-12(9-13)17(21)22/h2-10H,1H3,(H,21,22)/b15-10-. The van der Waals surface area contributed by atoms with Crippen LogP contribution in [0.2, 0.25) is 0 Å². The minimum absolute atomic E-state index is 0.0975. The lowest BCUT2D eigenvalue weighted by Gasteiger charge is -2.14. The Hall–Kier alpha value is -2.64. The van der Waals surface area contributed by atoms with Crippen LogP contribution >= 0.6 is 24.0 Å². The molecule has 2 aromatic rings. The number of ether oxygens (including phenoxy) is 1. The third-order valence-electron chi connectivity index (χ3n) is 3.57. The molecule has 0 saturated carbocycles. The minimum Gasteiger partial charge on any atom is -0.496 e. The van der Waals surface area contributed by atoms with Gasteiger partial charge in [-0.15, -0.1) is 0 Å². The molecule has 5 nitrogen and oxygen atoms in total. The second kappa shape index (κ2) is 7.08. The Bertz CT molecular complexity index is 907. The summed E-state index contributed by atoms with van der Waals surface area (Å²) in [5.41, 5.74) is 1.30. The normalized spacial score (nSPS) is 15.7. The van der Waals surface area contributed by atoms with E-state index in [4.69, 9.17) is 22.1 Å². The monoisotopic (exact) mass is 371 g/mol. The van der Waals surface area contributed by atoms with Crippen LogP contribution in [-0.4, -0.2) is 28.4 Å². The summed E-state index contributed by atoms with van der Waals surface area (Å²) in [5.74, 6) is -0.694. The summed E-state index contributed by atoms with van der Waals surface area (Å²) >= 11 is 6.48. The van der Waals surface area contributed by atoms with Crippen molar-refractivity contribution in [2.24, 2.45) is 0 Å². The summed E-state index contributed by atoms with van der Waals surface area (Å²) in [4.78, 5) is 25.7. The molecule has 0 radical (unpaired) electrons. The van der Waals surface area contributed by atoms with Gasteiger partial charge in [0, 0.05) is 5.56 Å². The van der Waals surface area contributed by atoms with Gasteiger partial charge in [0.15, 0.2) is 4.32 Å². The lowest BCUT2D eigenvalue weighted by molar-refractivity contribution is -0.113. The van der Waals surface area contributed by atoms with Crippen molar-refractivity contribution < 1.29 is 19.4 Å². The van der Waals surface area contributed by atoms with Gasteiger partial charge < -0.3 is 9.84 Å². The van der Waals surface area contributed by atoms with Gasteiger partial charge in [0.25, 0.3) is 5.91 Å². The van der Waals surface area contributed by atoms with Crippen molar-refractivity contribution in [3.63, 3.8) is 0 Å². The zero-order chi connectivity index (χ0) is 18.0. The molecule has 7 heteroatoms. The van der Waals surface area contributed by atoms with Crippen LogP contribution in [0.3, 0.4) is 0 Å². The summed E-state index contributed by atoms with van der Waals surface area (Å²) in [7, 11) is 1.56. The van der Waals surface area contributed by atoms with Gasteiger partial charge >= 0.3 is 5.97 Å². The van der Waals surface area contributed by atoms with Crippen LogP contribution in [0.15, 0.2) is 53.4 Å². The van der Waals surface area contributed by atoms with E-state index < -0.39 is 5.97 Å². The van der Waals surface area contributed by atoms with Gasteiger partial charge in [-0.25, -0.2) is 4.79 Å². The van der Waals surface area contributed by atoms with E-state index in [-0.39, 0.29) is 11.5 Å². The highest BCUT2D eigenvalue weighted by molar-refractivity contribution is 8.27. The number of nitrogens with zero attached hydrogens (tertiary/aromatic N) is 1. The average molecular weight is 371 g/mol. The molecule has 1 saturated heterocycles. The number of methoxy groups -OCH3 is 1. The van der Waals surface area contributed by atoms with Gasteiger partial charge in [0.1, 0.15) is 5.75 Å². The highest BCUT2D eigenvalue weighted by atomic mass is 32.2. The average Bonchev–Trinajstić information content (AvgIpc) is 2.89. The van der Waals surface area contributed by atoms with Crippen molar-refractivity contribution in [2.75, 3.05) is 12.0 Å². The van der Waals surface area contributed by atoms with E-state index in [0.29, 0.717) is 20.7 Å². The molecule has 0 unspecified atom stereocenters. The number of amides is 1. The summed E-state index contributed by atoms with van der Waals surface area (Å²) < 4.78 is 5.65. The Morgan fingerprint density at radius 3 is 2.72 bits per heavy atom. The molecule has 3 rings (SSSR count). The fourth-order valence-corrected chi connectivity index (χ4v) is 3.69. The Balaban J connectivity index is 1.97. The molecule has 0 atom stereocenters. The largest absolute Gasteiger partial charge is 0.496 e. The molecular weight excluding hydrogens is 358 g/mol. The number of thiocarbonyl (C=S) groups is 1. The molecule has 126 valence electrons. The maximum Gasteiger partial charge on any atom is 0.335 e. The summed E-state index contributed by atoms with van der Waals surface area (Å²) in [6.45, 7) is 0. The van der Waals surface area contributed by atoms with Gasteiger partial charge in [-0.05, 0) is 30.3 Å². The summed E-state index contributed by atoms with van der Waals surface area (Å²) in [6, 6.07) is 13.5. The van der Waals surface area contributed by atoms with Crippen molar-refractivity contribution in [1.29, 1.82) is 0 Å². The van der Waals surface area contributed by atoms with E-state index in [0.717, 1.165) is 5.56 Å². The minimum atomic E-state index is -1.06. The Morgan fingerprint density at radius 1 is 1.24 bits per heavy atom. The first-order valence-electron chi connectivity index (χ1n) is 7.25. The van der Waals surface area contributed by atoms with Gasteiger partial charge in [-0.1, -0.05) is 48.2 Å². The third kappa shape index (κ3) is 3.42.